The smallest absolute Gasteiger partial charge is 0.349 e. The fourth-order valence-corrected chi connectivity index (χ4v) is 2.06. The van der Waals surface area contributed by atoms with Crippen LogP contribution in [0, 0.1) is 44.6 Å². The van der Waals surface area contributed by atoms with Crippen molar-refractivity contribution in [2.24, 2.45) is 0 Å². The Labute approximate surface area is 136 Å². The normalized spacial score (nSPS) is 10.5. The number of rotatable bonds is 4. The van der Waals surface area contributed by atoms with Gasteiger partial charge in [-0.25, -0.2) is 8.78 Å². The van der Waals surface area contributed by atoms with Crippen LogP contribution in [0.2, 0.25) is 5.02 Å². The molecule has 0 aromatic heterocycles. The molecular weight excluding hydrogens is 357 g/mol. The van der Waals surface area contributed by atoms with Gasteiger partial charge in [-0.05, 0) is 13.0 Å². The second-order valence-corrected chi connectivity index (χ2v) is 4.85. The van der Waals surface area contributed by atoms with Gasteiger partial charge < -0.3 is 4.74 Å². The Morgan fingerprint density at radius 1 is 1.00 bits per heavy atom. The fraction of sp³-hybridized carbons (Fsp3) is 0.0769. The highest BCUT2D eigenvalue weighted by molar-refractivity contribution is 6.32. The van der Waals surface area contributed by atoms with Crippen LogP contribution in [0.25, 0.3) is 0 Å². The van der Waals surface area contributed by atoms with E-state index in [1.807, 2.05) is 0 Å². The minimum absolute atomic E-state index is 0.462. The SMILES string of the molecule is Cc1c(F)c(F)c(Oc2ccc([N+](=O)[O-])c([N+](=O)[O-])c2)c(Cl)c1F. The van der Waals surface area contributed by atoms with Crippen molar-refractivity contribution in [3.05, 3.63) is 66.5 Å². The molecule has 0 unspecified atom stereocenters. The number of halogens is 4. The van der Waals surface area contributed by atoms with E-state index in [0.29, 0.717) is 6.07 Å². The summed E-state index contributed by atoms with van der Waals surface area (Å²) in [6.07, 6.45) is 0. The molecule has 0 aliphatic heterocycles. The number of nitrogens with zero attached hydrogens (tertiary/aromatic N) is 2. The molecule has 11 heteroatoms. The summed E-state index contributed by atoms with van der Waals surface area (Å²) < 4.78 is 46.0. The lowest BCUT2D eigenvalue weighted by Gasteiger charge is -2.11. The highest BCUT2D eigenvalue weighted by atomic mass is 35.5. The van der Waals surface area contributed by atoms with Crippen molar-refractivity contribution >= 4 is 23.0 Å². The highest BCUT2D eigenvalue weighted by Crippen LogP contribution is 2.39. The van der Waals surface area contributed by atoms with E-state index in [1.54, 1.807) is 0 Å². The zero-order valence-electron chi connectivity index (χ0n) is 11.7. The molecule has 0 heterocycles. The van der Waals surface area contributed by atoms with E-state index in [-0.39, 0.29) is 0 Å². The summed E-state index contributed by atoms with van der Waals surface area (Å²) in [6, 6.07) is 2.25. The molecule has 0 N–H and O–H groups in total. The van der Waals surface area contributed by atoms with Crippen molar-refractivity contribution in [3.8, 4) is 11.5 Å². The monoisotopic (exact) mass is 362 g/mol. The van der Waals surface area contributed by atoms with Gasteiger partial charge in [0, 0.05) is 11.6 Å². The van der Waals surface area contributed by atoms with E-state index in [4.69, 9.17) is 16.3 Å². The maximum atomic E-state index is 13.9. The van der Waals surface area contributed by atoms with Crippen LogP contribution in [0.4, 0.5) is 24.5 Å². The van der Waals surface area contributed by atoms with E-state index >= 15 is 0 Å². The molecule has 0 bridgehead atoms. The Hall–Kier alpha value is -2.88. The summed E-state index contributed by atoms with van der Waals surface area (Å²) in [7, 11) is 0. The van der Waals surface area contributed by atoms with Crippen LogP contribution in [-0.4, -0.2) is 9.85 Å². The van der Waals surface area contributed by atoms with Crippen molar-refractivity contribution in [2.75, 3.05) is 0 Å². The predicted molar refractivity (Wildman–Crippen MR) is 75.9 cm³/mol. The molecule has 0 aliphatic carbocycles. The molecule has 7 nitrogen and oxygen atoms in total. The molecule has 2 aromatic carbocycles. The van der Waals surface area contributed by atoms with Gasteiger partial charge in [0.25, 0.3) is 0 Å². The van der Waals surface area contributed by atoms with Crippen LogP contribution >= 0.6 is 11.6 Å². The molecule has 0 amide bonds. The average molecular weight is 363 g/mol. The van der Waals surface area contributed by atoms with Crippen LogP contribution < -0.4 is 4.74 Å². The second kappa shape index (κ2) is 6.32. The highest BCUT2D eigenvalue weighted by Gasteiger charge is 2.27. The lowest BCUT2D eigenvalue weighted by atomic mass is 10.2. The third kappa shape index (κ3) is 2.95. The van der Waals surface area contributed by atoms with E-state index < -0.39 is 60.8 Å². The number of benzene rings is 2. The molecule has 2 aromatic rings. The molecule has 126 valence electrons. The van der Waals surface area contributed by atoms with Gasteiger partial charge in [-0.2, -0.15) is 4.39 Å². The Morgan fingerprint density at radius 2 is 1.58 bits per heavy atom. The molecule has 24 heavy (non-hydrogen) atoms. The van der Waals surface area contributed by atoms with Crippen LogP contribution in [-0.2, 0) is 0 Å². The fourth-order valence-electron chi connectivity index (χ4n) is 1.80. The van der Waals surface area contributed by atoms with Crippen LogP contribution in [0.15, 0.2) is 18.2 Å². The molecule has 0 aliphatic rings. The Bertz CT molecular complexity index is 846. The van der Waals surface area contributed by atoms with Crippen molar-refractivity contribution in [3.63, 3.8) is 0 Å². The van der Waals surface area contributed by atoms with E-state index in [9.17, 15) is 33.4 Å². The van der Waals surface area contributed by atoms with Crippen molar-refractivity contribution in [2.45, 2.75) is 6.92 Å². The zero-order valence-corrected chi connectivity index (χ0v) is 12.4. The third-order valence-corrected chi connectivity index (χ3v) is 3.34. The first-order chi connectivity index (χ1) is 11.1. The zero-order chi connectivity index (χ0) is 18.2. The first-order valence-corrected chi connectivity index (χ1v) is 6.46. The van der Waals surface area contributed by atoms with E-state index in [0.717, 1.165) is 19.1 Å². The van der Waals surface area contributed by atoms with Crippen molar-refractivity contribution < 1.29 is 27.8 Å². The Balaban J connectivity index is 2.56. The quantitative estimate of drug-likeness (QED) is 0.447. The molecule has 0 spiro atoms. The van der Waals surface area contributed by atoms with E-state index in [1.165, 1.54) is 0 Å². The van der Waals surface area contributed by atoms with Gasteiger partial charge in [-0.1, -0.05) is 11.6 Å². The Morgan fingerprint density at radius 3 is 2.12 bits per heavy atom. The lowest BCUT2D eigenvalue weighted by molar-refractivity contribution is -0.422. The standard InChI is InChI=1S/C13H6ClF3N2O5/c1-5-10(15)9(14)13(12(17)11(5)16)24-6-2-3-7(18(20)21)8(4-6)19(22)23/h2-4H,1H3. The number of nitro benzene ring substituents is 2. The third-order valence-electron chi connectivity index (χ3n) is 3.00. The van der Waals surface area contributed by atoms with Gasteiger partial charge in [0.15, 0.2) is 17.4 Å². The summed E-state index contributed by atoms with van der Waals surface area (Å²) in [4.78, 5) is 19.5. The topological polar surface area (TPSA) is 95.5 Å². The number of nitro groups is 2. The minimum atomic E-state index is -1.60. The van der Waals surface area contributed by atoms with Crippen LogP contribution in [0.3, 0.4) is 0 Å². The largest absolute Gasteiger partial charge is 0.452 e. The molecule has 0 fully saturated rings. The molecule has 0 saturated heterocycles. The molecule has 2 rings (SSSR count). The van der Waals surface area contributed by atoms with Gasteiger partial charge in [0.1, 0.15) is 10.8 Å². The molecule has 0 atom stereocenters. The number of hydrogen-bond acceptors (Lipinski definition) is 5. The summed E-state index contributed by atoms with van der Waals surface area (Å²) in [5.41, 5.74) is -2.44. The van der Waals surface area contributed by atoms with Gasteiger partial charge in [0.05, 0.1) is 15.9 Å². The summed E-state index contributed by atoms with van der Waals surface area (Å²) >= 11 is 5.56. The van der Waals surface area contributed by atoms with Crippen molar-refractivity contribution in [1.82, 2.24) is 0 Å². The first-order valence-electron chi connectivity index (χ1n) is 6.08. The van der Waals surface area contributed by atoms with Gasteiger partial charge in [-0.15, -0.1) is 0 Å². The van der Waals surface area contributed by atoms with Gasteiger partial charge in [-0.3, -0.25) is 20.2 Å². The molecule has 0 saturated carbocycles. The van der Waals surface area contributed by atoms with Crippen LogP contribution in [0.1, 0.15) is 5.56 Å². The summed E-state index contributed by atoms with van der Waals surface area (Å²) in [6.45, 7) is 0.958. The first kappa shape index (κ1) is 17.5. The van der Waals surface area contributed by atoms with Gasteiger partial charge in [0.2, 0.25) is 5.82 Å². The summed E-state index contributed by atoms with van der Waals surface area (Å²) in [5.74, 6) is -5.89. The van der Waals surface area contributed by atoms with E-state index in [2.05, 4.69) is 0 Å². The van der Waals surface area contributed by atoms with Crippen LogP contribution in [0.5, 0.6) is 11.5 Å². The minimum Gasteiger partial charge on any atom is -0.452 e. The predicted octanol–water partition coefficient (Wildman–Crippen LogP) is 4.67. The lowest BCUT2D eigenvalue weighted by Crippen LogP contribution is -2.01. The number of hydrogen-bond donors (Lipinski definition) is 0. The maximum absolute atomic E-state index is 13.9. The van der Waals surface area contributed by atoms with Gasteiger partial charge >= 0.3 is 11.4 Å². The maximum Gasteiger partial charge on any atom is 0.349 e. The number of ether oxygens (including phenoxy) is 1. The Kier molecular flexibility index (Phi) is 4.60. The average Bonchev–Trinajstić information content (AvgIpc) is 2.54. The molecular formula is C13H6ClF3N2O5. The van der Waals surface area contributed by atoms with Crippen molar-refractivity contribution in [1.29, 1.82) is 0 Å². The second-order valence-electron chi connectivity index (χ2n) is 4.48. The summed E-state index contributed by atoms with van der Waals surface area (Å²) in [5, 5.41) is 20.7. The molecule has 0 radical (unpaired) electrons.